The Morgan fingerprint density at radius 1 is 1.36 bits per heavy atom. The van der Waals surface area contributed by atoms with Crippen LogP contribution in [0.5, 0.6) is 5.75 Å². The van der Waals surface area contributed by atoms with Crippen molar-refractivity contribution < 1.29 is 9.53 Å². The molecule has 3 rings (SSSR count). The van der Waals surface area contributed by atoms with Crippen LogP contribution in [0.4, 0.5) is 5.13 Å². The highest BCUT2D eigenvalue weighted by Crippen LogP contribution is 2.32. The maximum absolute atomic E-state index is 12.3. The van der Waals surface area contributed by atoms with Gasteiger partial charge in [0.25, 0.3) is 0 Å². The van der Waals surface area contributed by atoms with Crippen LogP contribution in [0.1, 0.15) is 48.5 Å². The van der Waals surface area contributed by atoms with Crippen LogP contribution in [0.2, 0.25) is 0 Å². The Balaban J connectivity index is 1.54. The van der Waals surface area contributed by atoms with Gasteiger partial charge in [-0.3, -0.25) is 4.79 Å². The summed E-state index contributed by atoms with van der Waals surface area (Å²) in [5.74, 6) is 1.56. The summed E-state index contributed by atoms with van der Waals surface area (Å²) in [5.41, 5.74) is 1.13. The van der Waals surface area contributed by atoms with Gasteiger partial charge in [-0.2, -0.15) is 0 Å². The maximum atomic E-state index is 12.3. The van der Waals surface area contributed by atoms with E-state index in [1.54, 1.807) is 18.4 Å². The highest BCUT2D eigenvalue weighted by molar-refractivity contribution is 7.15. The second-order valence-electron chi connectivity index (χ2n) is 6.52. The lowest BCUT2D eigenvalue weighted by Gasteiger charge is -2.20. The molecular formula is C19H25N3O2S. The van der Waals surface area contributed by atoms with Crippen LogP contribution in [0, 0.1) is 0 Å². The average Bonchev–Trinajstić information content (AvgIpc) is 3.10. The number of thiazole rings is 1. The predicted molar refractivity (Wildman–Crippen MR) is 102 cm³/mol. The number of piperidine rings is 1. The van der Waals surface area contributed by atoms with Gasteiger partial charge in [0.2, 0.25) is 5.91 Å². The summed E-state index contributed by atoms with van der Waals surface area (Å²) in [4.78, 5) is 18.0. The van der Waals surface area contributed by atoms with Crippen LogP contribution < -0.4 is 15.4 Å². The Morgan fingerprint density at radius 3 is 2.76 bits per heavy atom. The van der Waals surface area contributed by atoms with Crippen molar-refractivity contribution in [3.05, 3.63) is 40.9 Å². The number of amides is 1. The van der Waals surface area contributed by atoms with Crippen molar-refractivity contribution in [2.24, 2.45) is 0 Å². The molecule has 1 unspecified atom stereocenters. The summed E-state index contributed by atoms with van der Waals surface area (Å²) < 4.78 is 5.17. The summed E-state index contributed by atoms with van der Waals surface area (Å²) in [5, 5.41) is 7.04. The third-order valence-corrected chi connectivity index (χ3v) is 5.76. The first kappa shape index (κ1) is 17.9. The van der Waals surface area contributed by atoms with Gasteiger partial charge in [0.05, 0.1) is 7.11 Å². The van der Waals surface area contributed by atoms with Crippen molar-refractivity contribution in [3.8, 4) is 5.75 Å². The minimum atomic E-state index is 0.00882. The monoisotopic (exact) mass is 359 g/mol. The third-order valence-electron chi connectivity index (χ3n) is 4.69. The number of rotatable bonds is 6. The number of nitrogens with one attached hydrogen (secondary N) is 2. The molecule has 1 amide bonds. The number of carbonyl (C=O) groups excluding carboxylic acids is 1. The molecule has 25 heavy (non-hydrogen) atoms. The molecule has 1 saturated heterocycles. The van der Waals surface area contributed by atoms with Gasteiger partial charge in [-0.05, 0) is 55.5 Å². The van der Waals surface area contributed by atoms with Crippen molar-refractivity contribution in [1.29, 1.82) is 0 Å². The number of hydrogen-bond donors (Lipinski definition) is 2. The molecule has 134 valence electrons. The molecule has 5 nitrogen and oxygen atoms in total. The van der Waals surface area contributed by atoms with Crippen molar-refractivity contribution in [1.82, 2.24) is 10.3 Å². The summed E-state index contributed by atoms with van der Waals surface area (Å²) in [6.45, 7) is 4.18. The van der Waals surface area contributed by atoms with Crippen LogP contribution in [-0.4, -0.2) is 31.1 Å². The first-order valence-electron chi connectivity index (χ1n) is 8.76. The molecule has 0 spiro atoms. The van der Waals surface area contributed by atoms with Crippen LogP contribution >= 0.6 is 11.3 Å². The molecule has 1 atom stereocenters. The van der Waals surface area contributed by atoms with Gasteiger partial charge in [0.1, 0.15) is 5.75 Å². The van der Waals surface area contributed by atoms with E-state index in [2.05, 4.69) is 22.5 Å². The molecule has 1 aliphatic heterocycles. The molecule has 6 heteroatoms. The topological polar surface area (TPSA) is 63.2 Å². The zero-order valence-corrected chi connectivity index (χ0v) is 15.6. The van der Waals surface area contributed by atoms with E-state index in [1.807, 2.05) is 30.5 Å². The maximum Gasteiger partial charge on any atom is 0.226 e. The fraction of sp³-hybridized carbons (Fsp3) is 0.474. The number of aromatic nitrogens is 1. The summed E-state index contributed by atoms with van der Waals surface area (Å²) in [6, 6.07) is 7.87. The summed E-state index contributed by atoms with van der Waals surface area (Å²) in [6.07, 6.45) is 4.64. The van der Waals surface area contributed by atoms with Gasteiger partial charge >= 0.3 is 0 Å². The molecule has 0 aliphatic carbocycles. The van der Waals surface area contributed by atoms with Gasteiger partial charge in [0.15, 0.2) is 5.13 Å². The largest absolute Gasteiger partial charge is 0.497 e. The fourth-order valence-electron chi connectivity index (χ4n) is 3.14. The van der Waals surface area contributed by atoms with E-state index in [4.69, 9.17) is 4.74 Å². The number of methoxy groups -OCH3 is 1. The van der Waals surface area contributed by atoms with Gasteiger partial charge in [-0.1, -0.05) is 19.1 Å². The zero-order valence-electron chi connectivity index (χ0n) is 14.7. The van der Waals surface area contributed by atoms with Crippen LogP contribution in [0.15, 0.2) is 30.5 Å². The first-order chi connectivity index (χ1) is 12.2. The molecule has 0 bridgehead atoms. The quantitative estimate of drug-likeness (QED) is 0.824. The van der Waals surface area contributed by atoms with Crippen LogP contribution in [0.3, 0.4) is 0 Å². The molecule has 0 saturated carbocycles. The highest BCUT2D eigenvalue weighted by atomic mass is 32.1. The number of hydrogen-bond acceptors (Lipinski definition) is 5. The minimum absolute atomic E-state index is 0.00882. The molecule has 1 aromatic carbocycles. The predicted octanol–water partition coefficient (Wildman–Crippen LogP) is 3.75. The zero-order chi connectivity index (χ0) is 17.6. The lowest BCUT2D eigenvalue weighted by molar-refractivity contribution is -0.116. The number of benzene rings is 1. The van der Waals surface area contributed by atoms with Gasteiger partial charge in [-0.25, -0.2) is 4.98 Å². The van der Waals surface area contributed by atoms with Crippen LogP contribution in [0.25, 0.3) is 0 Å². The average molecular weight is 359 g/mol. The van der Waals surface area contributed by atoms with Crippen molar-refractivity contribution in [3.63, 3.8) is 0 Å². The van der Waals surface area contributed by atoms with E-state index in [-0.39, 0.29) is 11.8 Å². The normalized spacial score (nSPS) is 16.4. The van der Waals surface area contributed by atoms with Gasteiger partial charge in [-0.15, -0.1) is 11.3 Å². The molecule has 0 radical (unpaired) electrons. The molecule has 2 aromatic rings. The Kier molecular flexibility index (Phi) is 6.04. The van der Waals surface area contributed by atoms with E-state index in [0.717, 1.165) is 37.2 Å². The number of anilines is 1. The minimum Gasteiger partial charge on any atom is -0.497 e. The van der Waals surface area contributed by atoms with Crippen molar-refractivity contribution >= 4 is 22.4 Å². The molecule has 1 aliphatic rings. The van der Waals surface area contributed by atoms with Gasteiger partial charge in [0, 0.05) is 17.5 Å². The molecular weight excluding hydrogens is 334 g/mol. The molecule has 2 heterocycles. The van der Waals surface area contributed by atoms with E-state index in [1.165, 1.54) is 4.88 Å². The standard InChI is InChI=1S/C19H25N3O2S/c1-13(14-3-5-16(24-2)6-4-14)11-18(23)22-19-21-12-17(25-19)15-7-9-20-10-8-15/h3-6,12-13,15,20H,7-11H2,1-2H3,(H,21,22,23). The molecule has 1 fully saturated rings. The van der Waals surface area contributed by atoms with Crippen molar-refractivity contribution in [2.45, 2.75) is 38.0 Å². The second kappa shape index (κ2) is 8.45. The summed E-state index contributed by atoms with van der Waals surface area (Å²) in [7, 11) is 1.65. The number of carbonyl (C=O) groups is 1. The van der Waals surface area contributed by atoms with E-state index in [0.29, 0.717) is 17.5 Å². The number of ether oxygens (including phenoxy) is 1. The Morgan fingerprint density at radius 2 is 2.08 bits per heavy atom. The lowest BCUT2D eigenvalue weighted by atomic mass is 9.97. The van der Waals surface area contributed by atoms with E-state index < -0.39 is 0 Å². The Labute approximate surface area is 152 Å². The smallest absolute Gasteiger partial charge is 0.226 e. The lowest BCUT2D eigenvalue weighted by Crippen LogP contribution is -2.26. The molecule has 2 N–H and O–H groups in total. The van der Waals surface area contributed by atoms with Crippen LogP contribution in [-0.2, 0) is 4.79 Å². The second-order valence-corrected chi connectivity index (χ2v) is 7.58. The van der Waals surface area contributed by atoms with Crippen molar-refractivity contribution in [2.75, 3.05) is 25.5 Å². The highest BCUT2D eigenvalue weighted by Gasteiger charge is 2.19. The SMILES string of the molecule is COc1ccc(C(C)CC(=O)Nc2ncc(C3CCNCC3)s2)cc1. The van der Waals surface area contributed by atoms with Gasteiger partial charge < -0.3 is 15.4 Å². The summed E-state index contributed by atoms with van der Waals surface area (Å²) >= 11 is 1.61. The third kappa shape index (κ3) is 4.80. The fourth-order valence-corrected chi connectivity index (χ4v) is 4.14. The van der Waals surface area contributed by atoms with E-state index in [9.17, 15) is 4.79 Å². The first-order valence-corrected chi connectivity index (χ1v) is 9.57. The number of nitrogens with zero attached hydrogens (tertiary/aromatic N) is 1. The Bertz CT molecular complexity index is 693. The Hall–Kier alpha value is -1.92. The van der Waals surface area contributed by atoms with E-state index >= 15 is 0 Å². The molecule has 1 aromatic heterocycles.